The van der Waals surface area contributed by atoms with Gasteiger partial charge in [-0.15, -0.1) is 0 Å². The van der Waals surface area contributed by atoms with Crippen molar-refractivity contribution in [2.75, 3.05) is 13.1 Å². The molecular formula is C20H19ClFN3O3. The monoisotopic (exact) mass is 403 g/mol. The van der Waals surface area contributed by atoms with Crippen molar-refractivity contribution in [1.29, 1.82) is 5.26 Å². The molecule has 1 fully saturated rings. The molecule has 1 aromatic carbocycles. The molecule has 2 heterocycles. The number of amides is 1. The molecule has 0 radical (unpaired) electrons. The zero-order valence-electron chi connectivity index (χ0n) is 15.7. The Kier molecular flexibility index (Phi) is 5.18. The lowest BCUT2D eigenvalue weighted by molar-refractivity contribution is -0.0866. The van der Waals surface area contributed by atoms with E-state index < -0.39 is 23.1 Å². The number of hydrogen-bond acceptors (Lipinski definition) is 5. The molecule has 1 amide bonds. The number of ether oxygens (including phenoxy) is 2. The Morgan fingerprint density at radius 3 is 2.68 bits per heavy atom. The Morgan fingerprint density at radius 2 is 2.11 bits per heavy atom. The minimum absolute atomic E-state index is 0.0147. The van der Waals surface area contributed by atoms with Crippen molar-refractivity contribution in [2.24, 2.45) is 0 Å². The van der Waals surface area contributed by atoms with Crippen LogP contribution in [0.1, 0.15) is 31.9 Å². The van der Waals surface area contributed by atoms with Crippen LogP contribution in [0, 0.1) is 17.1 Å². The number of pyridine rings is 1. The summed E-state index contributed by atoms with van der Waals surface area (Å²) in [5.74, 6) is -0.563. The van der Waals surface area contributed by atoms with Crippen LogP contribution in [0.4, 0.5) is 9.18 Å². The second-order valence-electron chi connectivity index (χ2n) is 7.55. The second kappa shape index (κ2) is 7.28. The summed E-state index contributed by atoms with van der Waals surface area (Å²) in [5, 5.41) is 9.17. The summed E-state index contributed by atoms with van der Waals surface area (Å²) in [6, 6.07) is 7.77. The summed E-state index contributed by atoms with van der Waals surface area (Å²) in [7, 11) is 0. The van der Waals surface area contributed by atoms with Gasteiger partial charge in [-0.05, 0) is 32.9 Å². The largest absolute Gasteiger partial charge is 0.477 e. The number of carbonyl (C=O) groups excluding carboxylic acids is 1. The normalized spacial score (nSPS) is 15.4. The zero-order valence-corrected chi connectivity index (χ0v) is 16.5. The molecule has 6 nitrogen and oxygen atoms in total. The maximum Gasteiger partial charge on any atom is 0.410 e. The highest BCUT2D eigenvalue weighted by molar-refractivity contribution is 6.30. The topological polar surface area (TPSA) is 75.4 Å². The molecule has 1 aliphatic heterocycles. The Bertz CT molecular complexity index is 932. The number of rotatable bonds is 3. The van der Waals surface area contributed by atoms with Crippen molar-refractivity contribution in [2.45, 2.75) is 32.0 Å². The minimum atomic E-state index is -0.947. The molecule has 0 aliphatic carbocycles. The van der Waals surface area contributed by atoms with Gasteiger partial charge in [-0.2, -0.15) is 5.26 Å². The van der Waals surface area contributed by atoms with E-state index in [0.717, 1.165) is 11.6 Å². The first-order chi connectivity index (χ1) is 13.1. The van der Waals surface area contributed by atoms with Gasteiger partial charge in [-0.1, -0.05) is 17.7 Å². The van der Waals surface area contributed by atoms with Crippen molar-refractivity contribution < 1.29 is 18.7 Å². The maximum atomic E-state index is 13.7. The summed E-state index contributed by atoms with van der Waals surface area (Å²) in [6.45, 7) is 5.74. The van der Waals surface area contributed by atoms with Gasteiger partial charge in [0.25, 0.3) is 0 Å². The molecule has 2 aromatic rings. The third-order valence-electron chi connectivity index (χ3n) is 4.18. The molecule has 28 heavy (non-hydrogen) atoms. The zero-order chi connectivity index (χ0) is 20.5. The highest BCUT2D eigenvalue weighted by Gasteiger charge is 2.50. The average Bonchev–Trinajstić information content (AvgIpc) is 2.59. The summed E-state index contributed by atoms with van der Waals surface area (Å²) in [5.41, 5.74) is -0.832. The van der Waals surface area contributed by atoms with E-state index in [1.54, 1.807) is 39.2 Å². The van der Waals surface area contributed by atoms with Crippen LogP contribution in [0.5, 0.6) is 5.75 Å². The van der Waals surface area contributed by atoms with E-state index >= 15 is 0 Å². The number of carbonyl (C=O) groups is 1. The van der Waals surface area contributed by atoms with Gasteiger partial charge in [0, 0.05) is 24.0 Å². The summed E-state index contributed by atoms with van der Waals surface area (Å²) in [4.78, 5) is 18.0. The number of nitriles is 1. The lowest BCUT2D eigenvalue weighted by atomic mass is 9.87. The predicted molar refractivity (Wildman–Crippen MR) is 100 cm³/mol. The lowest BCUT2D eigenvalue weighted by Gasteiger charge is -2.49. The van der Waals surface area contributed by atoms with E-state index in [0.29, 0.717) is 0 Å². The van der Waals surface area contributed by atoms with Crippen LogP contribution >= 0.6 is 11.6 Å². The summed E-state index contributed by atoms with van der Waals surface area (Å²) in [6.07, 6.45) is 2.79. The van der Waals surface area contributed by atoms with Gasteiger partial charge < -0.3 is 9.47 Å². The lowest BCUT2D eigenvalue weighted by Crippen LogP contribution is -2.64. The number of hydrogen-bond donors (Lipinski definition) is 0. The standard InChI is InChI=1S/C20H19ClFN3O3/c1-19(2,3)28-18(26)25-11-20(12-25,14-5-4-6-24-10-14)27-17-8-15(21)16(22)7-13(17)9-23/h4-8,10H,11-12H2,1-3H3. The molecule has 1 aliphatic rings. The number of aromatic nitrogens is 1. The minimum Gasteiger partial charge on any atom is -0.477 e. The van der Waals surface area contributed by atoms with Crippen molar-refractivity contribution in [3.05, 3.63) is 58.6 Å². The maximum absolute atomic E-state index is 13.7. The Balaban J connectivity index is 1.91. The van der Waals surface area contributed by atoms with Gasteiger partial charge in [-0.3, -0.25) is 9.88 Å². The Labute approximate surface area is 167 Å². The quantitative estimate of drug-likeness (QED) is 0.764. The molecule has 0 atom stereocenters. The summed E-state index contributed by atoms with van der Waals surface area (Å²) >= 11 is 5.87. The molecular weight excluding hydrogens is 385 g/mol. The van der Waals surface area contributed by atoms with Crippen molar-refractivity contribution in [3.8, 4) is 11.8 Å². The fourth-order valence-electron chi connectivity index (χ4n) is 2.88. The second-order valence-corrected chi connectivity index (χ2v) is 7.96. The summed E-state index contributed by atoms with van der Waals surface area (Å²) < 4.78 is 25.2. The molecule has 0 spiro atoms. The van der Waals surface area contributed by atoms with Gasteiger partial charge in [0.15, 0.2) is 5.60 Å². The van der Waals surface area contributed by atoms with Crippen LogP contribution in [0.25, 0.3) is 0 Å². The number of benzene rings is 1. The molecule has 8 heteroatoms. The van der Waals surface area contributed by atoms with E-state index in [1.807, 2.05) is 12.1 Å². The molecule has 0 unspecified atom stereocenters. The van der Waals surface area contributed by atoms with Crippen LogP contribution in [0.15, 0.2) is 36.7 Å². The van der Waals surface area contributed by atoms with Crippen molar-refractivity contribution in [3.63, 3.8) is 0 Å². The molecule has 146 valence electrons. The van der Waals surface area contributed by atoms with E-state index in [2.05, 4.69) is 4.98 Å². The van der Waals surface area contributed by atoms with Gasteiger partial charge in [0.05, 0.1) is 23.7 Å². The molecule has 0 N–H and O–H groups in total. The van der Waals surface area contributed by atoms with Crippen molar-refractivity contribution in [1.82, 2.24) is 9.88 Å². The molecule has 0 bridgehead atoms. The molecule has 0 saturated carbocycles. The first-order valence-electron chi connectivity index (χ1n) is 8.60. The predicted octanol–water partition coefficient (Wildman–Crippen LogP) is 4.27. The van der Waals surface area contributed by atoms with Crippen LogP contribution < -0.4 is 4.74 Å². The van der Waals surface area contributed by atoms with E-state index in [9.17, 15) is 14.4 Å². The van der Waals surface area contributed by atoms with Crippen molar-refractivity contribution >= 4 is 17.7 Å². The van der Waals surface area contributed by atoms with E-state index in [1.165, 1.54) is 11.0 Å². The third-order valence-corrected chi connectivity index (χ3v) is 4.47. The molecule has 3 rings (SSSR count). The Hall–Kier alpha value is -2.85. The van der Waals surface area contributed by atoms with E-state index in [-0.39, 0.29) is 29.4 Å². The van der Waals surface area contributed by atoms with E-state index in [4.69, 9.17) is 21.1 Å². The van der Waals surface area contributed by atoms with Crippen LogP contribution in [-0.2, 0) is 10.3 Å². The fourth-order valence-corrected chi connectivity index (χ4v) is 3.03. The van der Waals surface area contributed by atoms with Gasteiger partial charge in [-0.25, -0.2) is 9.18 Å². The van der Waals surface area contributed by atoms with Gasteiger partial charge >= 0.3 is 6.09 Å². The fraction of sp³-hybridized carbons (Fsp3) is 0.350. The highest BCUT2D eigenvalue weighted by Crippen LogP contribution is 2.39. The highest BCUT2D eigenvalue weighted by atomic mass is 35.5. The third kappa shape index (κ3) is 4.02. The SMILES string of the molecule is CC(C)(C)OC(=O)N1CC(Oc2cc(Cl)c(F)cc2C#N)(c2cccnc2)C1. The first-order valence-corrected chi connectivity index (χ1v) is 8.98. The molecule has 1 aromatic heterocycles. The average molecular weight is 404 g/mol. The van der Waals surface area contributed by atoms with Gasteiger partial charge in [0.2, 0.25) is 0 Å². The smallest absolute Gasteiger partial charge is 0.410 e. The van der Waals surface area contributed by atoms with Crippen LogP contribution in [0.3, 0.4) is 0 Å². The number of nitrogens with zero attached hydrogens (tertiary/aromatic N) is 3. The van der Waals surface area contributed by atoms with Crippen LogP contribution in [-0.4, -0.2) is 34.7 Å². The number of likely N-dealkylation sites (tertiary alicyclic amines) is 1. The Morgan fingerprint density at radius 1 is 1.39 bits per heavy atom. The van der Waals surface area contributed by atoms with Crippen LogP contribution in [0.2, 0.25) is 5.02 Å². The first kappa shape index (κ1) is 19.9. The number of halogens is 2. The molecule has 1 saturated heterocycles. The van der Waals surface area contributed by atoms with Gasteiger partial charge in [0.1, 0.15) is 23.2 Å².